The summed E-state index contributed by atoms with van der Waals surface area (Å²) in [7, 11) is 0. The van der Waals surface area contributed by atoms with E-state index in [0.29, 0.717) is 0 Å². The maximum Gasteiger partial charge on any atom is 5.00 e. The summed E-state index contributed by atoms with van der Waals surface area (Å²) in [4.78, 5) is 0. The Hall–Kier alpha value is 0.580. The van der Waals surface area contributed by atoms with Crippen molar-refractivity contribution in [1.82, 2.24) is 0 Å². The minimum Gasteiger partial charge on any atom is -0.693 e. The van der Waals surface area contributed by atoms with Gasteiger partial charge in [-0.3, -0.25) is 0 Å². The number of hydrogen-bond donors (Lipinski definition) is 0. The van der Waals surface area contributed by atoms with Gasteiger partial charge >= 0.3 is 22.4 Å². The molecule has 0 amide bonds. The van der Waals surface area contributed by atoms with Crippen LogP contribution in [0, 0.1) is 5.92 Å². The van der Waals surface area contributed by atoms with E-state index in [9.17, 15) is 0 Å². The van der Waals surface area contributed by atoms with Crippen molar-refractivity contribution in [1.29, 1.82) is 0 Å². The van der Waals surface area contributed by atoms with Crippen LogP contribution in [0.2, 0.25) is 0 Å². The molecule has 0 aliphatic carbocycles. The first-order valence-corrected chi connectivity index (χ1v) is 7.64. The monoisotopic (exact) mass is 470 g/mol. The van der Waals surface area contributed by atoms with Crippen LogP contribution < -0.4 is 0 Å². The fourth-order valence-electron chi connectivity index (χ4n) is 0.671. The van der Waals surface area contributed by atoms with Gasteiger partial charge in [-0.25, -0.2) is 0 Å². The first-order chi connectivity index (χ1) is 8.97. The molecule has 0 unspecified atom stereocenters. The molecule has 21 heavy (non-hydrogen) atoms. The van der Waals surface area contributed by atoms with Gasteiger partial charge in [0.05, 0.1) is 0 Å². The van der Waals surface area contributed by atoms with Crippen LogP contribution in [0.3, 0.4) is 0 Å². The summed E-state index contributed by atoms with van der Waals surface area (Å²) < 4.78 is 0. The molecule has 0 aromatic carbocycles. The molecule has 0 aliphatic heterocycles. The van der Waals surface area contributed by atoms with Crippen LogP contribution >= 0.6 is 0 Å². The Kier molecular flexibility index (Phi) is 89.4. The van der Waals surface area contributed by atoms with E-state index in [-0.39, 0.29) is 28.5 Å². The van der Waals surface area contributed by atoms with Crippen LogP contribution in [-0.2, 0) is 22.4 Å². The van der Waals surface area contributed by atoms with Crippen molar-refractivity contribution in [2.45, 2.75) is 62.3 Å². The molecule has 2 N–H and O–H groups in total. The van der Waals surface area contributed by atoms with Gasteiger partial charge in [0.25, 0.3) is 0 Å². The van der Waals surface area contributed by atoms with Crippen molar-refractivity contribution in [3.8, 4) is 0 Å². The summed E-state index contributed by atoms with van der Waals surface area (Å²) in [5.41, 5.74) is 0. The molecule has 0 aliphatic rings. The average molecular weight is 470 g/mol. The molecule has 0 radical (unpaired) electrons. The second-order valence-corrected chi connectivity index (χ2v) is 4.07. The standard InChI is InChI=1S/3C4H10N.C4H9.H2N.Ta/c3*1-3-5-4-2;1-4(2)3;;/h3*3-4H2,1-2H3;1-3H3;1H2;/q5*-1;+5. The van der Waals surface area contributed by atoms with E-state index >= 15 is 0 Å². The van der Waals surface area contributed by atoms with Crippen LogP contribution in [0.25, 0.3) is 22.1 Å². The maximum atomic E-state index is 3.97. The summed E-state index contributed by atoms with van der Waals surface area (Å²) in [6.45, 7) is 24.3. The zero-order chi connectivity index (χ0) is 15.9. The van der Waals surface area contributed by atoms with Gasteiger partial charge in [0.1, 0.15) is 0 Å². The minimum absolute atomic E-state index is 0. The van der Waals surface area contributed by atoms with Gasteiger partial charge in [-0.15, -0.1) is 0 Å². The van der Waals surface area contributed by atoms with Crippen LogP contribution in [0.15, 0.2) is 0 Å². The van der Waals surface area contributed by atoms with Crippen LogP contribution in [0.5, 0.6) is 0 Å². The summed E-state index contributed by atoms with van der Waals surface area (Å²) in [6.07, 6.45) is 0. The quantitative estimate of drug-likeness (QED) is 0.396. The molecule has 0 rings (SSSR count). The zero-order valence-electron chi connectivity index (χ0n) is 16.1. The number of rotatable bonds is 6. The molecule has 0 saturated heterocycles. The molecular formula is C16H41N4Ta. The van der Waals surface area contributed by atoms with Gasteiger partial charge in [0.15, 0.2) is 0 Å². The molecule has 5 heteroatoms. The molecule has 0 aromatic heterocycles. The zero-order valence-corrected chi connectivity index (χ0v) is 19.3. The van der Waals surface area contributed by atoms with Gasteiger partial charge in [-0.05, 0) is 0 Å². The van der Waals surface area contributed by atoms with E-state index in [1.807, 2.05) is 41.5 Å². The molecule has 0 spiro atoms. The molecule has 0 atom stereocenters. The first kappa shape index (κ1) is 37.7. The van der Waals surface area contributed by atoms with Crippen molar-refractivity contribution in [2.75, 3.05) is 39.3 Å². The van der Waals surface area contributed by atoms with Crippen molar-refractivity contribution in [3.05, 3.63) is 28.0 Å². The summed E-state index contributed by atoms with van der Waals surface area (Å²) in [6, 6.07) is 0. The normalized spacial score (nSPS) is 7.71. The Morgan fingerprint density at radius 2 is 0.619 bits per heavy atom. The van der Waals surface area contributed by atoms with Crippen molar-refractivity contribution >= 4 is 0 Å². The molecule has 0 heterocycles. The first-order valence-electron chi connectivity index (χ1n) is 7.64. The van der Waals surface area contributed by atoms with Gasteiger partial charge in [-0.1, -0.05) is 41.5 Å². The topological polar surface area (TPSA) is 75.8 Å². The summed E-state index contributed by atoms with van der Waals surface area (Å²) in [5, 5.41) is 11.9. The molecule has 0 saturated carbocycles. The Morgan fingerprint density at radius 1 is 0.524 bits per heavy atom. The van der Waals surface area contributed by atoms with Gasteiger partial charge in [0, 0.05) is 0 Å². The molecule has 0 aromatic rings. The maximum absolute atomic E-state index is 3.97. The molecule has 130 valence electrons. The van der Waals surface area contributed by atoms with E-state index in [0.717, 1.165) is 39.3 Å². The molecular weight excluding hydrogens is 429 g/mol. The van der Waals surface area contributed by atoms with Crippen molar-refractivity contribution < 1.29 is 22.4 Å². The minimum atomic E-state index is 0. The van der Waals surface area contributed by atoms with Gasteiger partial charge in [0.2, 0.25) is 0 Å². The van der Waals surface area contributed by atoms with Gasteiger partial charge < -0.3 is 28.0 Å². The van der Waals surface area contributed by atoms with E-state index in [1.165, 1.54) is 5.92 Å². The van der Waals surface area contributed by atoms with Crippen molar-refractivity contribution in [3.63, 3.8) is 0 Å². The molecule has 4 nitrogen and oxygen atoms in total. The predicted octanol–water partition coefficient (Wildman–Crippen LogP) is 6.53. The third kappa shape index (κ3) is 164. The summed E-state index contributed by atoms with van der Waals surface area (Å²) in [5.74, 6) is 1.42. The smallest absolute Gasteiger partial charge is 0.693 e. The molecule has 0 fully saturated rings. The third-order valence-electron chi connectivity index (χ3n) is 1.34. The van der Waals surface area contributed by atoms with Gasteiger partial charge in [-0.2, -0.15) is 60.0 Å². The van der Waals surface area contributed by atoms with Crippen LogP contribution in [-0.4, -0.2) is 39.3 Å². The Morgan fingerprint density at radius 3 is 0.619 bits per heavy atom. The fourth-order valence-corrected chi connectivity index (χ4v) is 0.671. The van der Waals surface area contributed by atoms with E-state index in [4.69, 9.17) is 0 Å². The van der Waals surface area contributed by atoms with E-state index < -0.39 is 0 Å². The Balaban J connectivity index is -0.0000000347. The van der Waals surface area contributed by atoms with E-state index in [2.05, 4.69) is 36.7 Å². The second kappa shape index (κ2) is 49.9. The predicted molar refractivity (Wildman–Crippen MR) is 98.9 cm³/mol. The largest absolute Gasteiger partial charge is 5.00 e. The Bertz CT molecular complexity index is 81.3. The number of nitrogens with zero attached hydrogens (tertiary/aromatic N) is 3. The SMILES string of the molecule is CC[N-]CC.CC[N-]CC.CC[N-]CC.C[C-](C)C.[NH2-].[Ta+5]. The third-order valence-corrected chi connectivity index (χ3v) is 1.34. The Labute approximate surface area is 152 Å². The molecule has 0 bridgehead atoms. The van der Waals surface area contributed by atoms with E-state index in [1.54, 1.807) is 0 Å². The van der Waals surface area contributed by atoms with Crippen molar-refractivity contribution in [2.24, 2.45) is 0 Å². The van der Waals surface area contributed by atoms with Crippen LogP contribution in [0.1, 0.15) is 62.3 Å². The average Bonchev–Trinajstić information content (AvgIpc) is 2.33. The summed E-state index contributed by atoms with van der Waals surface area (Å²) >= 11 is 0. The van der Waals surface area contributed by atoms with Crippen LogP contribution in [0.4, 0.5) is 0 Å². The number of hydrogen-bond acceptors (Lipinski definition) is 0. The fraction of sp³-hybridized carbons (Fsp3) is 0.938. The number of nitrogens with two attached hydrogens (primary N) is 1. The second-order valence-electron chi connectivity index (χ2n) is 4.07.